The van der Waals surface area contributed by atoms with Crippen molar-refractivity contribution in [1.82, 2.24) is 4.90 Å². The maximum atomic E-state index is 12.5. The molecule has 2 atom stereocenters. The zero-order chi connectivity index (χ0) is 18.0. The van der Waals surface area contributed by atoms with Crippen LogP contribution >= 0.6 is 0 Å². The summed E-state index contributed by atoms with van der Waals surface area (Å²) in [7, 11) is 0. The normalized spacial score (nSPS) is 23.0. The Morgan fingerprint density at radius 3 is 2.84 bits per heavy atom. The first-order valence-corrected chi connectivity index (χ1v) is 8.16. The maximum Gasteiger partial charge on any atom is 0.328 e. The second kappa shape index (κ2) is 7.10. The number of ether oxygens (including phenoxy) is 2. The summed E-state index contributed by atoms with van der Waals surface area (Å²) >= 11 is 0. The lowest BCUT2D eigenvalue weighted by atomic mass is 10.1. The minimum atomic E-state index is -1.09. The zero-order valence-electron chi connectivity index (χ0n) is 13.9. The van der Waals surface area contributed by atoms with Crippen molar-refractivity contribution >= 4 is 23.5 Å². The van der Waals surface area contributed by atoms with Gasteiger partial charge in [0.1, 0.15) is 5.75 Å². The molecule has 1 aromatic carbocycles. The SMILES string of the molecule is C[C@H]1Oc2ccccc2N(CCC(=O)N2CCOC[C@@H]2C(=O)O)C1=O. The second-order valence-corrected chi connectivity index (χ2v) is 5.98. The van der Waals surface area contributed by atoms with Gasteiger partial charge in [0.05, 0.1) is 18.9 Å². The van der Waals surface area contributed by atoms with E-state index in [1.54, 1.807) is 25.1 Å². The molecule has 25 heavy (non-hydrogen) atoms. The third-order valence-corrected chi connectivity index (χ3v) is 4.36. The van der Waals surface area contributed by atoms with E-state index < -0.39 is 18.1 Å². The van der Waals surface area contributed by atoms with Crippen LogP contribution in [0.15, 0.2) is 24.3 Å². The van der Waals surface area contributed by atoms with Crippen LogP contribution in [0.4, 0.5) is 5.69 Å². The van der Waals surface area contributed by atoms with E-state index in [0.717, 1.165) is 0 Å². The largest absolute Gasteiger partial charge is 0.480 e. The van der Waals surface area contributed by atoms with Crippen LogP contribution in [-0.4, -0.2) is 66.2 Å². The number of nitrogens with zero attached hydrogens (tertiary/aromatic N) is 2. The van der Waals surface area contributed by atoms with E-state index >= 15 is 0 Å². The fourth-order valence-electron chi connectivity index (χ4n) is 3.05. The number of benzene rings is 1. The van der Waals surface area contributed by atoms with Crippen molar-refractivity contribution in [1.29, 1.82) is 0 Å². The first-order valence-electron chi connectivity index (χ1n) is 8.16. The van der Waals surface area contributed by atoms with Gasteiger partial charge in [0, 0.05) is 19.5 Å². The summed E-state index contributed by atoms with van der Waals surface area (Å²) in [6, 6.07) is 6.17. The Labute approximate surface area is 144 Å². The van der Waals surface area contributed by atoms with E-state index in [2.05, 4.69) is 0 Å². The lowest BCUT2D eigenvalue weighted by Gasteiger charge is -2.35. The van der Waals surface area contributed by atoms with Gasteiger partial charge in [-0.1, -0.05) is 12.1 Å². The number of rotatable bonds is 4. The number of anilines is 1. The Hall–Kier alpha value is -2.61. The van der Waals surface area contributed by atoms with Gasteiger partial charge in [-0.25, -0.2) is 4.79 Å². The van der Waals surface area contributed by atoms with Gasteiger partial charge in [-0.3, -0.25) is 9.59 Å². The van der Waals surface area contributed by atoms with Crippen molar-refractivity contribution in [3.05, 3.63) is 24.3 Å². The second-order valence-electron chi connectivity index (χ2n) is 5.98. The van der Waals surface area contributed by atoms with Crippen molar-refractivity contribution in [3.8, 4) is 5.75 Å². The predicted molar refractivity (Wildman–Crippen MR) is 87.5 cm³/mol. The number of hydrogen-bond acceptors (Lipinski definition) is 5. The Balaban J connectivity index is 1.71. The summed E-state index contributed by atoms with van der Waals surface area (Å²) < 4.78 is 10.7. The van der Waals surface area contributed by atoms with Gasteiger partial charge in [0.25, 0.3) is 5.91 Å². The van der Waals surface area contributed by atoms with E-state index in [1.807, 2.05) is 6.07 Å². The van der Waals surface area contributed by atoms with E-state index in [1.165, 1.54) is 9.80 Å². The summed E-state index contributed by atoms with van der Waals surface area (Å²) in [5.74, 6) is -1.02. The number of carbonyl (C=O) groups is 3. The Morgan fingerprint density at radius 2 is 2.08 bits per heavy atom. The van der Waals surface area contributed by atoms with E-state index in [0.29, 0.717) is 18.0 Å². The molecule has 0 aliphatic carbocycles. The summed E-state index contributed by atoms with van der Waals surface area (Å²) in [5.41, 5.74) is 0.621. The Morgan fingerprint density at radius 1 is 1.32 bits per heavy atom. The van der Waals surface area contributed by atoms with Gasteiger partial charge in [0.15, 0.2) is 12.1 Å². The van der Waals surface area contributed by atoms with Crippen molar-refractivity contribution < 1.29 is 29.0 Å². The molecular weight excluding hydrogens is 328 g/mol. The van der Waals surface area contributed by atoms with Crippen LogP contribution in [0.3, 0.4) is 0 Å². The van der Waals surface area contributed by atoms with Crippen LogP contribution < -0.4 is 9.64 Å². The van der Waals surface area contributed by atoms with E-state index in [9.17, 15) is 19.5 Å². The highest BCUT2D eigenvalue weighted by Crippen LogP contribution is 2.33. The molecule has 1 saturated heterocycles. The maximum absolute atomic E-state index is 12.5. The van der Waals surface area contributed by atoms with Gasteiger partial charge in [-0.2, -0.15) is 0 Å². The smallest absolute Gasteiger partial charge is 0.328 e. The summed E-state index contributed by atoms with van der Waals surface area (Å²) in [4.78, 5) is 39.0. The third-order valence-electron chi connectivity index (χ3n) is 4.36. The lowest BCUT2D eigenvalue weighted by molar-refractivity contribution is -0.158. The van der Waals surface area contributed by atoms with Crippen LogP contribution in [0.25, 0.3) is 0 Å². The number of fused-ring (bicyclic) bond motifs is 1. The van der Waals surface area contributed by atoms with Crippen molar-refractivity contribution in [2.45, 2.75) is 25.5 Å². The first-order chi connectivity index (χ1) is 12.0. The molecule has 0 bridgehead atoms. The fourth-order valence-corrected chi connectivity index (χ4v) is 3.05. The third kappa shape index (κ3) is 3.43. The highest BCUT2D eigenvalue weighted by Gasteiger charge is 2.35. The van der Waals surface area contributed by atoms with Crippen LogP contribution in [0, 0.1) is 0 Å². The van der Waals surface area contributed by atoms with Gasteiger partial charge in [-0.15, -0.1) is 0 Å². The van der Waals surface area contributed by atoms with Gasteiger partial charge >= 0.3 is 5.97 Å². The summed E-state index contributed by atoms with van der Waals surface area (Å²) in [5, 5.41) is 9.23. The molecule has 2 heterocycles. The molecule has 1 N–H and O–H groups in total. The number of morpholine rings is 1. The average Bonchev–Trinajstić information content (AvgIpc) is 2.62. The quantitative estimate of drug-likeness (QED) is 0.851. The number of hydrogen-bond donors (Lipinski definition) is 1. The van der Waals surface area contributed by atoms with Crippen LogP contribution in [-0.2, 0) is 19.1 Å². The fraction of sp³-hybridized carbons (Fsp3) is 0.471. The molecule has 8 heteroatoms. The monoisotopic (exact) mass is 348 g/mol. The van der Waals surface area contributed by atoms with Gasteiger partial charge < -0.3 is 24.4 Å². The molecule has 2 aliphatic rings. The van der Waals surface area contributed by atoms with Crippen LogP contribution in [0.2, 0.25) is 0 Å². The number of aliphatic carboxylic acids is 1. The lowest BCUT2D eigenvalue weighted by Crippen LogP contribution is -2.53. The highest BCUT2D eigenvalue weighted by molar-refractivity contribution is 6.00. The standard InChI is InChI=1S/C17H20N2O6/c1-11-16(21)19(12-4-2-3-5-14(12)25-11)7-6-15(20)18-8-9-24-10-13(18)17(22)23/h2-5,11,13H,6-10H2,1H3,(H,22,23)/t11-,13-/m1/s1. The summed E-state index contributed by atoms with van der Waals surface area (Å²) in [6.45, 7) is 2.37. The van der Waals surface area contributed by atoms with Gasteiger partial charge in [-0.05, 0) is 19.1 Å². The Bertz CT molecular complexity index is 691. The first kappa shape index (κ1) is 17.2. The number of carbonyl (C=O) groups excluding carboxylic acids is 2. The highest BCUT2D eigenvalue weighted by atomic mass is 16.5. The zero-order valence-corrected chi connectivity index (χ0v) is 13.9. The molecule has 3 rings (SSSR count). The van der Waals surface area contributed by atoms with Crippen molar-refractivity contribution in [3.63, 3.8) is 0 Å². The molecule has 1 fully saturated rings. The van der Waals surface area contributed by atoms with Crippen molar-refractivity contribution in [2.75, 3.05) is 31.2 Å². The number of para-hydroxylation sites is 2. The van der Waals surface area contributed by atoms with E-state index in [-0.39, 0.29) is 37.9 Å². The topological polar surface area (TPSA) is 96.4 Å². The predicted octanol–water partition coefficient (Wildman–Crippen LogP) is 0.503. The minimum absolute atomic E-state index is 0.0164. The molecule has 0 saturated carbocycles. The molecule has 2 aliphatic heterocycles. The van der Waals surface area contributed by atoms with Gasteiger partial charge in [0.2, 0.25) is 5.91 Å². The molecular formula is C17H20N2O6. The summed E-state index contributed by atoms with van der Waals surface area (Å²) in [6.07, 6.45) is -0.587. The molecule has 0 aromatic heterocycles. The molecule has 0 spiro atoms. The average molecular weight is 348 g/mol. The molecule has 1 aromatic rings. The number of carboxylic acid groups (broad SMARTS) is 1. The minimum Gasteiger partial charge on any atom is -0.480 e. The van der Waals surface area contributed by atoms with E-state index in [4.69, 9.17) is 9.47 Å². The van der Waals surface area contributed by atoms with Crippen LogP contribution in [0.5, 0.6) is 5.75 Å². The molecule has 0 radical (unpaired) electrons. The molecule has 2 amide bonds. The van der Waals surface area contributed by atoms with Crippen molar-refractivity contribution in [2.24, 2.45) is 0 Å². The van der Waals surface area contributed by atoms with Crippen LogP contribution in [0.1, 0.15) is 13.3 Å². The molecule has 134 valence electrons. The number of amides is 2. The number of carboxylic acids is 1. The molecule has 8 nitrogen and oxygen atoms in total. The molecule has 0 unspecified atom stereocenters. The Kier molecular flexibility index (Phi) is 4.89.